The number of rotatable bonds is 0. The Morgan fingerprint density at radius 1 is 1.11 bits per heavy atom. The van der Waals surface area contributed by atoms with E-state index in [-0.39, 0.29) is 17.8 Å². The van der Waals surface area contributed by atoms with E-state index in [0.29, 0.717) is 17.8 Å². The van der Waals surface area contributed by atoms with Crippen molar-refractivity contribution in [2.45, 2.75) is 70.4 Å². The van der Waals surface area contributed by atoms with E-state index in [1.807, 2.05) is 6.92 Å². The Kier molecular flexibility index (Phi) is 2.47. The Hall–Kier alpha value is -0.160. The molecule has 1 aliphatic carbocycles. The summed E-state index contributed by atoms with van der Waals surface area (Å²) < 4.78 is 18.3. The highest BCUT2D eigenvalue weighted by molar-refractivity contribution is 5.12. The van der Waals surface area contributed by atoms with Crippen molar-refractivity contribution in [3.63, 3.8) is 0 Å². The topological polar surface area (TPSA) is 47.9 Å². The van der Waals surface area contributed by atoms with Gasteiger partial charge in [0.25, 0.3) is 0 Å². The van der Waals surface area contributed by atoms with Gasteiger partial charge in [-0.15, -0.1) is 0 Å². The molecule has 19 heavy (non-hydrogen) atoms. The van der Waals surface area contributed by atoms with E-state index < -0.39 is 12.1 Å². The zero-order valence-corrected chi connectivity index (χ0v) is 12.0. The zero-order chi connectivity index (χ0) is 13.4. The average molecular weight is 268 g/mol. The number of fused-ring (bicyclic) bond motifs is 1. The second-order valence-electron chi connectivity index (χ2n) is 7.23. The first-order valence-corrected chi connectivity index (χ1v) is 7.68. The van der Waals surface area contributed by atoms with Crippen molar-refractivity contribution in [3.05, 3.63) is 0 Å². The summed E-state index contributed by atoms with van der Waals surface area (Å²) >= 11 is 0. The number of hydrogen-bond acceptors (Lipinski definition) is 4. The minimum Gasteiger partial charge on any atom is -0.368 e. The molecular formula is C15H24O4. The van der Waals surface area contributed by atoms with Crippen LogP contribution in [0.3, 0.4) is 0 Å². The van der Waals surface area contributed by atoms with Crippen molar-refractivity contribution in [1.82, 2.24) is 0 Å². The Morgan fingerprint density at radius 3 is 2.68 bits per heavy atom. The summed E-state index contributed by atoms with van der Waals surface area (Å²) in [4.78, 5) is 0. The molecule has 8 atom stereocenters. The molecule has 3 saturated heterocycles. The summed E-state index contributed by atoms with van der Waals surface area (Å²) in [6.07, 6.45) is 3.30. The van der Waals surface area contributed by atoms with Gasteiger partial charge >= 0.3 is 0 Å². The molecule has 1 saturated carbocycles. The number of hydrogen-bond donors (Lipinski definition) is 1. The summed E-state index contributed by atoms with van der Waals surface area (Å²) in [6, 6.07) is 0. The lowest BCUT2D eigenvalue weighted by Crippen LogP contribution is -2.66. The van der Waals surface area contributed by atoms with Gasteiger partial charge in [-0.1, -0.05) is 13.8 Å². The van der Waals surface area contributed by atoms with Gasteiger partial charge in [-0.05, 0) is 38.0 Å². The first-order valence-electron chi connectivity index (χ1n) is 7.68. The molecule has 108 valence electrons. The van der Waals surface area contributed by atoms with Crippen molar-refractivity contribution < 1.29 is 19.3 Å². The molecule has 0 amide bonds. The lowest BCUT2D eigenvalue weighted by atomic mass is 9.57. The van der Waals surface area contributed by atoms with E-state index in [9.17, 15) is 5.11 Å². The van der Waals surface area contributed by atoms with Crippen molar-refractivity contribution in [3.8, 4) is 0 Å². The highest BCUT2D eigenvalue weighted by atomic mass is 16.9. The molecule has 3 unspecified atom stereocenters. The van der Waals surface area contributed by atoms with Crippen molar-refractivity contribution in [2.24, 2.45) is 23.7 Å². The van der Waals surface area contributed by atoms with Crippen LogP contribution in [-0.4, -0.2) is 29.1 Å². The van der Waals surface area contributed by atoms with Crippen LogP contribution >= 0.6 is 0 Å². The maximum absolute atomic E-state index is 10.1. The van der Waals surface area contributed by atoms with E-state index >= 15 is 0 Å². The molecule has 0 aromatic heterocycles. The third-order valence-corrected chi connectivity index (χ3v) is 6.15. The third kappa shape index (κ3) is 1.44. The Balaban J connectivity index is 1.81. The largest absolute Gasteiger partial charge is 0.368 e. The number of aliphatic hydroxyl groups is 1. The number of ether oxygens (including phenoxy) is 3. The first-order chi connectivity index (χ1) is 8.96. The summed E-state index contributed by atoms with van der Waals surface area (Å²) in [6.45, 7) is 6.43. The monoisotopic (exact) mass is 268 g/mol. The molecule has 4 heteroatoms. The fourth-order valence-corrected chi connectivity index (χ4v) is 5.15. The number of aliphatic hydroxyl groups excluding tert-OH is 1. The fraction of sp³-hybridized carbons (Fsp3) is 1.00. The Morgan fingerprint density at radius 2 is 1.89 bits per heavy atom. The molecule has 2 bridgehead atoms. The second kappa shape index (κ2) is 3.73. The second-order valence-corrected chi connectivity index (χ2v) is 7.23. The van der Waals surface area contributed by atoms with Gasteiger partial charge < -0.3 is 19.3 Å². The van der Waals surface area contributed by atoms with Crippen LogP contribution in [0.4, 0.5) is 0 Å². The van der Waals surface area contributed by atoms with E-state index in [1.165, 1.54) is 6.42 Å². The Bertz CT molecular complexity index is 400. The minimum atomic E-state index is -0.721. The molecule has 0 radical (unpaired) electrons. The maximum atomic E-state index is 10.1. The lowest BCUT2D eigenvalue weighted by molar-refractivity contribution is -0.326. The Labute approximate surface area is 114 Å². The molecule has 3 aliphatic heterocycles. The molecule has 1 N–H and O–H groups in total. The predicted molar refractivity (Wildman–Crippen MR) is 68.0 cm³/mol. The minimum absolute atomic E-state index is 0.121. The molecule has 4 rings (SSSR count). The molecular weight excluding hydrogens is 244 g/mol. The van der Waals surface area contributed by atoms with Gasteiger partial charge in [0.1, 0.15) is 5.60 Å². The normalized spacial score (nSPS) is 63.8. The van der Waals surface area contributed by atoms with Crippen LogP contribution in [-0.2, 0) is 14.2 Å². The molecule has 0 aromatic rings. The highest BCUT2D eigenvalue weighted by Crippen LogP contribution is 2.63. The summed E-state index contributed by atoms with van der Waals surface area (Å²) in [5.74, 6) is 1.11. The molecule has 4 nitrogen and oxygen atoms in total. The van der Waals surface area contributed by atoms with E-state index in [2.05, 4.69) is 13.8 Å². The molecule has 0 aromatic carbocycles. The lowest BCUT2D eigenvalue weighted by Gasteiger charge is -2.57. The average Bonchev–Trinajstić information content (AvgIpc) is 2.56. The molecule has 4 aliphatic rings. The van der Waals surface area contributed by atoms with Crippen LogP contribution in [0.25, 0.3) is 0 Å². The van der Waals surface area contributed by atoms with E-state index in [1.54, 1.807) is 0 Å². The van der Waals surface area contributed by atoms with Gasteiger partial charge in [-0.2, -0.15) is 0 Å². The van der Waals surface area contributed by atoms with Gasteiger partial charge in [0.05, 0.1) is 0 Å². The van der Waals surface area contributed by atoms with Crippen LogP contribution in [0.1, 0.15) is 46.5 Å². The van der Waals surface area contributed by atoms with Gasteiger partial charge in [0.15, 0.2) is 18.4 Å². The summed E-state index contributed by atoms with van der Waals surface area (Å²) in [5, 5.41) is 10.1. The smallest absolute Gasteiger partial charge is 0.193 e. The molecule has 3 heterocycles. The standard InChI is InChI=1S/C15H24O4/c1-8-4-5-11-9(2)12(16)17-13-15(11)10(8)6-7-14(3,18-13)19-15/h8-13,16H,4-7H2,1-3H3/t8-,9-,10+,11+,12?,13-,14?,15?/m1/s1. The third-order valence-electron chi connectivity index (χ3n) is 6.15. The van der Waals surface area contributed by atoms with Crippen LogP contribution < -0.4 is 0 Å². The molecule has 4 fully saturated rings. The SMILES string of the molecule is C[C@@H]1CC[C@H]2[C@@H](C)C(O)O[C@@H]3OC4(C)CC[C@@H]1C32O4. The van der Waals surface area contributed by atoms with Gasteiger partial charge in [-0.3, -0.25) is 0 Å². The zero-order valence-electron chi connectivity index (χ0n) is 12.0. The van der Waals surface area contributed by atoms with Crippen molar-refractivity contribution in [2.75, 3.05) is 0 Å². The maximum Gasteiger partial charge on any atom is 0.193 e. The fourth-order valence-electron chi connectivity index (χ4n) is 5.15. The first kappa shape index (κ1) is 12.6. The summed E-state index contributed by atoms with van der Waals surface area (Å²) in [7, 11) is 0. The van der Waals surface area contributed by atoms with Crippen LogP contribution in [0, 0.1) is 23.7 Å². The van der Waals surface area contributed by atoms with E-state index in [0.717, 1.165) is 19.3 Å². The van der Waals surface area contributed by atoms with Gasteiger partial charge in [0, 0.05) is 18.3 Å². The van der Waals surface area contributed by atoms with Crippen molar-refractivity contribution >= 4 is 0 Å². The predicted octanol–water partition coefficient (Wildman–Crippen LogP) is 2.26. The van der Waals surface area contributed by atoms with Gasteiger partial charge in [-0.25, -0.2) is 0 Å². The van der Waals surface area contributed by atoms with Crippen LogP contribution in [0.15, 0.2) is 0 Å². The van der Waals surface area contributed by atoms with Crippen LogP contribution in [0.2, 0.25) is 0 Å². The van der Waals surface area contributed by atoms with Crippen LogP contribution in [0.5, 0.6) is 0 Å². The quantitative estimate of drug-likeness (QED) is 0.732. The highest BCUT2D eigenvalue weighted by Gasteiger charge is 2.71. The van der Waals surface area contributed by atoms with Crippen molar-refractivity contribution in [1.29, 1.82) is 0 Å². The summed E-state index contributed by atoms with van der Waals surface area (Å²) in [5.41, 5.74) is -0.316. The van der Waals surface area contributed by atoms with Gasteiger partial charge in [0.2, 0.25) is 0 Å². The molecule has 1 spiro atoms. The van der Waals surface area contributed by atoms with E-state index in [4.69, 9.17) is 14.2 Å².